The number of halogens is 4. The molecular weight excluding hydrogens is 195 g/mol. The zero-order valence-corrected chi connectivity index (χ0v) is 6.32. The first-order valence-corrected chi connectivity index (χ1v) is 3.21. The normalized spacial score (nSPS) is 11.7. The molecule has 12 heavy (non-hydrogen) atoms. The predicted molar refractivity (Wildman–Crippen MR) is 35.9 cm³/mol. The molecule has 0 aliphatic heterocycles. The topological polar surface area (TPSA) is 33.1 Å². The predicted octanol–water partition coefficient (Wildman–Crippen LogP) is 2.46. The monoisotopic (exact) mass is 197 g/mol. The lowest BCUT2D eigenvalue weighted by atomic mass is 10.3. The van der Waals surface area contributed by atoms with Gasteiger partial charge in [-0.25, -0.2) is 4.98 Å². The van der Waals surface area contributed by atoms with Gasteiger partial charge in [-0.3, -0.25) is 0 Å². The summed E-state index contributed by atoms with van der Waals surface area (Å²) < 4.78 is 35.7. The smallest absolute Gasteiger partial charge is 0.433 e. The number of alkyl halides is 3. The first kappa shape index (κ1) is 9.12. The quantitative estimate of drug-likeness (QED) is 0.648. The molecule has 0 spiro atoms. The van der Waals surface area contributed by atoms with Crippen LogP contribution in [-0.4, -0.2) is 10.1 Å². The van der Waals surface area contributed by atoms with Crippen molar-refractivity contribution in [2.75, 3.05) is 0 Å². The number of hydrogen-bond acceptors (Lipinski definition) is 2. The van der Waals surface area contributed by atoms with E-state index >= 15 is 0 Å². The molecule has 0 atom stereocenters. The standard InChI is InChI=1S/C6H3ClF3NO/c7-5-2-3(12)1-4(11-5)6(8,9)10/h1-2H,(H,11,12). The van der Waals surface area contributed by atoms with Gasteiger partial charge in [0.1, 0.15) is 16.6 Å². The molecule has 1 N–H and O–H groups in total. The Bertz CT molecular complexity index is 279. The summed E-state index contributed by atoms with van der Waals surface area (Å²) in [5.41, 5.74) is -1.20. The van der Waals surface area contributed by atoms with E-state index in [2.05, 4.69) is 4.98 Å². The van der Waals surface area contributed by atoms with E-state index in [4.69, 9.17) is 16.7 Å². The molecule has 1 aromatic rings. The highest BCUT2D eigenvalue weighted by molar-refractivity contribution is 6.29. The van der Waals surface area contributed by atoms with Gasteiger partial charge in [0, 0.05) is 12.1 Å². The second-order valence-electron chi connectivity index (χ2n) is 2.03. The number of nitrogens with zero attached hydrogens (tertiary/aromatic N) is 1. The molecule has 0 radical (unpaired) electrons. The van der Waals surface area contributed by atoms with Crippen LogP contribution in [0.4, 0.5) is 13.2 Å². The third-order valence-electron chi connectivity index (χ3n) is 1.07. The minimum Gasteiger partial charge on any atom is -0.508 e. The molecule has 0 bridgehead atoms. The second kappa shape index (κ2) is 2.82. The SMILES string of the molecule is Oc1cc(Cl)nc(C(F)(F)F)c1. The average Bonchev–Trinajstić information content (AvgIpc) is 1.82. The summed E-state index contributed by atoms with van der Waals surface area (Å²) >= 11 is 5.19. The van der Waals surface area contributed by atoms with Crippen molar-refractivity contribution in [1.82, 2.24) is 4.98 Å². The van der Waals surface area contributed by atoms with Gasteiger partial charge < -0.3 is 5.11 Å². The van der Waals surface area contributed by atoms with Gasteiger partial charge in [0.25, 0.3) is 0 Å². The van der Waals surface area contributed by atoms with Crippen LogP contribution < -0.4 is 0 Å². The molecule has 1 heterocycles. The van der Waals surface area contributed by atoms with Crippen LogP contribution in [-0.2, 0) is 6.18 Å². The molecule has 0 aromatic carbocycles. The maximum atomic E-state index is 11.9. The van der Waals surface area contributed by atoms with E-state index in [1.54, 1.807) is 0 Å². The Balaban J connectivity index is 3.18. The number of aromatic hydroxyl groups is 1. The fraction of sp³-hybridized carbons (Fsp3) is 0.167. The molecule has 0 saturated heterocycles. The fourth-order valence-electron chi connectivity index (χ4n) is 0.629. The molecule has 0 unspecified atom stereocenters. The summed E-state index contributed by atoms with van der Waals surface area (Å²) in [4.78, 5) is 2.99. The number of pyridine rings is 1. The van der Waals surface area contributed by atoms with Crippen molar-refractivity contribution in [2.24, 2.45) is 0 Å². The largest absolute Gasteiger partial charge is 0.508 e. The third-order valence-corrected chi connectivity index (χ3v) is 1.26. The molecule has 6 heteroatoms. The van der Waals surface area contributed by atoms with Crippen LogP contribution in [0.15, 0.2) is 12.1 Å². The van der Waals surface area contributed by atoms with Crippen molar-refractivity contribution in [3.05, 3.63) is 23.0 Å². The molecule has 1 aromatic heterocycles. The number of hydrogen-bond donors (Lipinski definition) is 1. The van der Waals surface area contributed by atoms with Crippen molar-refractivity contribution in [3.63, 3.8) is 0 Å². The lowest BCUT2D eigenvalue weighted by Crippen LogP contribution is -2.07. The first-order chi connectivity index (χ1) is 5.39. The lowest BCUT2D eigenvalue weighted by molar-refractivity contribution is -0.141. The Morgan fingerprint density at radius 2 is 1.92 bits per heavy atom. The summed E-state index contributed by atoms with van der Waals surface area (Å²) in [6, 6.07) is 1.43. The van der Waals surface area contributed by atoms with Gasteiger partial charge in [0.05, 0.1) is 0 Å². The fourth-order valence-corrected chi connectivity index (χ4v) is 0.831. The zero-order chi connectivity index (χ0) is 9.35. The number of aromatic nitrogens is 1. The minimum absolute atomic E-state index is 0.387. The summed E-state index contributed by atoms with van der Waals surface area (Å²) in [5, 5.41) is 8.35. The molecule has 1 rings (SSSR count). The Morgan fingerprint density at radius 3 is 2.33 bits per heavy atom. The summed E-state index contributed by atoms with van der Waals surface area (Å²) in [6.07, 6.45) is -4.58. The highest BCUT2D eigenvalue weighted by atomic mass is 35.5. The Morgan fingerprint density at radius 1 is 1.33 bits per heavy atom. The first-order valence-electron chi connectivity index (χ1n) is 2.83. The van der Waals surface area contributed by atoms with Crippen LogP contribution in [0.25, 0.3) is 0 Å². The van der Waals surface area contributed by atoms with Gasteiger partial charge in [-0.05, 0) is 0 Å². The van der Waals surface area contributed by atoms with Crippen LogP contribution in [0.5, 0.6) is 5.75 Å². The van der Waals surface area contributed by atoms with E-state index in [-0.39, 0.29) is 5.15 Å². The Kier molecular flexibility index (Phi) is 2.14. The molecule has 0 saturated carbocycles. The van der Waals surface area contributed by atoms with E-state index in [0.29, 0.717) is 6.07 Å². The van der Waals surface area contributed by atoms with Crippen LogP contribution in [0.3, 0.4) is 0 Å². The lowest BCUT2D eigenvalue weighted by Gasteiger charge is -2.05. The van der Waals surface area contributed by atoms with Gasteiger partial charge in [0.15, 0.2) is 0 Å². The van der Waals surface area contributed by atoms with Crippen molar-refractivity contribution < 1.29 is 18.3 Å². The van der Waals surface area contributed by atoms with Crippen LogP contribution in [0, 0.1) is 0 Å². The van der Waals surface area contributed by atoms with Gasteiger partial charge in [0.2, 0.25) is 0 Å². The molecule has 0 amide bonds. The van der Waals surface area contributed by atoms with Gasteiger partial charge in [-0.15, -0.1) is 0 Å². The van der Waals surface area contributed by atoms with Gasteiger partial charge >= 0.3 is 6.18 Å². The van der Waals surface area contributed by atoms with Gasteiger partial charge in [-0.2, -0.15) is 13.2 Å². The second-order valence-corrected chi connectivity index (χ2v) is 2.42. The minimum atomic E-state index is -4.58. The van der Waals surface area contributed by atoms with E-state index in [1.165, 1.54) is 0 Å². The third kappa shape index (κ3) is 2.01. The van der Waals surface area contributed by atoms with Crippen molar-refractivity contribution in [3.8, 4) is 5.75 Å². The van der Waals surface area contributed by atoms with E-state index < -0.39 is 17.6 Å². The van der Waals surface area contributed by atoms with E-state index in [0.717, 1.165) is 6.07 Å². The average molecular weight is 198 g/mol. The summed E-state index contributed by atoms with van der Waals surface area (Å²) in [6.45, 7) is 0. The Hall–Kier alpha value is -0.970. The van der Waals surface area contributed by atoms with Crippen molar-refractivity contribution in [2.45, 2.75) is 6.18 Å². The van der Waals surface area contributed by atoms with Crippen LogP contribution in [0.2, 0.25) is 5.15 Å². The van der Waals surface area contributed by atoms with Crippen molar-refractivity contribution in [1.29, 1.82) is 0 Å². The van der Waals surface area contributed by atoms with Crippen molar-refractivity contribution >= 4 is 11.6 Å². The molecular formula is C6H3ClF3NO. The summed E-state index contributed by atoms with van der Waals surface area (Å²) in [5.74, 6) is -0.553. The maximum Gasteiger partial charge on any atom is 0.433 e. The van der Waals surface area contributed by atoms with Gasteiger partial charge in [-0.1, -0.05) is 11.6 Å². The Labute approximate surface area is 70.6 Å². The molecule has 0 aliphatic carbocycles. The van der Waals surface area contributed by atoms with Crippen LogP contribution >= 0.6 is 11.6 Å². The molecule has 66 valence electrons. The highest BCUT2D eigenvalue weighted by Gasteiger charge is 2.33. The number of rotatable bonds is 0. The van der Waals surface area contributed by atoms with E-state index in [9.17, 15) is 13.2 Å². The molecule has 0 fully saturated rings. The van der Waals surface area contributed by atoms with E-state index in [1.807, 2.05) is 0 Å². The maximum absolute atomic E-state index is 11.9. The molecule has 2 nitrogen and oxygen atoms in total. The molecule has 0 aliphatic rings. The van der Waals surface area contributed by atoms with Crippen LogP contribution in [0.1, 0.15) is 5.69 Å². The summed E-state index contributed by atoms with van der Waals surface area (Å²) in [7, 11) is 0. The zero-order valence-electron chi connectivity index (χ0n) is 5.56. The highest BCUT2D eigenvalue weighted by Crippen LogP contribution is 2.30.